The summed E-state index contributed by atoms with van der Waals surface area (Å²) in [5.41, 5.74) is 2.88. The van der Waals surface area contributed by atoms with Gasteiger partial charge in [-0.1, -0.05) is 60.7 Å². The van der Waals surface area contributed by atoms with Crippen LogP contribution in [0.25, 0.3) is 11.0 Å². The van der Waals surface area contributed by atoms with Crippen LogP contribution in [-0.4, -0.2) is 18.1 Å². The number of hydrogen-bond acceptors (Lipinski definition) is 6. The quantitative estimate of drug-likeness (QED) is 0.235. The first-order chi connectivity index (χ1) is 16.9. The highest BCUT2D eigenvalue weighted by molar-refractivity contribution is 5.91. The maximum atomic E-state index is 13.3. The van der Waals surface area contributed by atoms with E-state index in [4.69, 9.17) is 13.9 Å². The van der Waals surface area contributed by atoms with Crippen LogP contribution in [0.2, 0.25) is 0 Å². The third-order valence-electron chi connectivity index (χ3n) is 5.43. The molecule has 178 valence electrons. The smallest absolute Gasteiger partial charge is 0.408 e. The van der Waals surface area contributed by atoms with E-state index in [1.165, 1.54) is 6.07 Å². The van der Waals surface area contributed by atoms with Crippen LogP contribution in [0.15, 0.2) is 88.1 Å². The van der Waals surface area contributed by atoms with Gasteiger partial charge in [-0.3, -0.25) is 0 Å². The van der Waals surface area contributed by atoms with Crippen LogP contribution in [0.1, 0.15) is 22.3 Å². The number of rotatable bonds is 7. The predicted molar refractivity (Wildman–Crippen MR) is 131 cm³/mol. The molecule has 1 aromatic heterocycles. The van der Waals surface area contributed by atoms with Gasteiger partial charge in [0, 0.05) is 12.5 Å². The Labute approximate surface area is 202 Å². The molecule has 35 heavy (non-hydrogen) atoms. The number of nitrogens with one attached hydrogen (secondary N) is 1. The van der Waals surface area contributed by atoms with Crippen molar-refractivity contribution in [1.29, 1.82) is 0 Å². The standard InChI is InChI=1S/C28H25NO6/c1-18-13-23-26(19(2)15-25(30)34-23)24(14-18)35-27(31)22(16-20-9-5-3-6-10-20)29-28(32)33-17-21-11-7-4-8-12-21/h3-15,22H,16-17H2,1-2H3,(H,29,32). The molecule has 0 aliphatic heterocycles. The number of hydrogen-bond donors (Lipinski definition) is 1. The number of alkyl carbamates (subject to hydrolysis) is 1. The lowest BCUT2D eigenvalue weighted by molar-refractivity contribution is -0.136. The molecular formula is C28H25NO6. The predicted octanol–water partition coefficient (Wildman–Crippen LogP) is 4.85. The lowest BCUT2D eigenvalue weighted by Gasteiger charge is -2.19. The highest BCUT2D eigenvalue weighted by Gasteiger charge is 2.25. The second-order valence-corrected chi connectivity index (χ2v) is 8.25. The molecule has 0 aliphatic carbocycles. The van der Waals surface area contributed by atoms with Crippen LogP contribution in [0.3, 0.4) is 0 Å². The number of amides is 1. The van der Waals surface area contributed by atoms with Crippen molar-refractivity contribution in [1.82, 2.24) is 5.32 Å². The molecule has 1 heterocycles. The van der Waals surface area contributed by atoms with Crippen molar-refractivity contribution in [2.24, 2.45) is 0 Å². The molecule has 1 atom stereocenters. The largest absolute Gasteiger partial charge is 0.445 e. The van der Waals surface area contributed by atoms with E-state index in [2.05, 4.69) is 5.32 Å². The first-order valence-electron chi connectivity index (χ1n) is 11.2. The zero-order valence-corrected chi connectivity index (χ0v) is 19.4. The lowest BCUT2D eigenvalue weighted by atomic mass is 10.1. The van der Waals surface area contributed by atoms with Gasteiger partial charge in [-0.25, -0.2) is 14.4 Å². The number of esters is 1. The number of fused-ring (bicyclic) bond motifs is 1. The van der Waals surface area contributed by atoms with Crippen molar-refractivity contribution >= 4 is 23.0 Å². The van der Waals surface area contributed by atoms with Crippen molar-refractivity contribution in [3.63, 3.8) is 0 Å². The molecule has 0 saturated carbocycles. The van der Waals surface area contributed by atoms with Crippen LogP contribution >= 0.6 is 0 Å². The normalized spacial score (nSPS) is 11.6. The van der Waals surface area contributed by atoms with Crippen LogP contribution in [0.4, 0.5) is 4.79 Å². The van der Waals surface area contributed by atoms with Gasteiger partial charge in [0.25, 0.3) is 0 Å². The van der Waals surface area contributed by atoms with Crippen molar-refractivity contribution in [3.8, 4) is 5.75 Å². The summed E-state index contributed by atoms with van der Waals surface area (Å²) in [5.74, 6) is -0.410. The summed E-state index contributed by atoms with van der Waals surface area (Å²) < 4.78 is 16.4. The second-order valence-electron chi connectivity index (χ2n) is 8.25. The molecule has 1 amide bonds. The zero-order chi connectivity index (χ0) is 24.8. The Morgan fingerprint density at radius 1 is 0.914 bits per heavy atom. The first-order valence-corrected chi connectivity index (χ1v) is 11.2. The Kier molecular flexibility index (Phi) is 7.26. The minimum atomic E-state index is -1.01. The Morgan fingerprint density at radius 2 is 1.57 bits per heavy atom. The van der Waals surface area contributed by atoms with E-state index < -0.39 is 23.7 Å². The molecule has 0 spiro atoms. The van der Waals surface area contributed by atoms with E-state index in [-0.39, 0.29) is 18.8 Å². The van der Waals surface area contributed by atoms with Crippen molar-refractivity contribution in [3.05, 3.63) is 112 Å². The van der Waals surface area contributed by atoms with E-state index in [9.17, 15) is 14.4 Å². The van der Waals surface area contributed by atoms with E-state index in [1.54, 1.807) is 26.0 Å². The molecule has 1 unspecified atom stereocenters. The number of ether oxygens (including phenoxy) is 2. The molecule has 4 aromatic rings. The van der Waals surface area contributed by atoms with Crippen molar-refractivity contribution in [2.45, 2.75) is 32.9 Å². The zero-order valence-electron chi connectivity index (χ0n) is 19.4. The molecule has 0 bridgehead atoms. The number of aryl methyl sites for hydroxylation is 2. The van der Waals surface area contributed by atoms with Crippen LogP contribution in [-0.2, 0) is 22.6 Å². The Bertz CT molecular complexity index is 1400. The SMILES string of the molecule is Cc1cc(OC(=O)C(Cc2ccccc2)NC(=O)OCc2ccccc2)c2c(C)cc(=O)oc2c1. The Hall–Kier alpha value is -4.39. The second kappa shape index (κ2) is 10.7. The van der Waals surface area contributed by atoms with Gasteiger partial charge in [0.2, 0.25) is 0 Å². The summed E-state index contributed by atoms with van der Waals surface area (Å²) in [6.45, 7) is 3.62. The van der Waals surface area contributed by atoms with Gasteiger partial charge in [-0.2, -0.15) is 0 Å². The minimum Gasteiger partial charge on any atom is -0.445 e. The molecule has 0 aliphatic rings. The summed E-state index contributed by atoms with van der Waals surface area (Å²) in [4.78, 5) is 37.6. The van der Waals surface area contributed by atoms with Crippen LogP contribution < -0.4 is 15.7 Å². The van der Waals surface area contributed by atoms with Gasteiger partial charge in [-0.05, 0) is 48.2 Å². The summed E-state index contributed by atoms with van der Waals surface area (Å²) in [7, 11) is 0. The van der Waals surface area contributed by atoms with Crippen molar-refractivity contribution < 1.29 is 23.5 Å². The third kappa shape index (κ3) is 6.14. The molecule has 4 rings (SSSR count). The van der Waals surface area contributed by atoms with Gasteiger partial charge < -0.3 is 19.2 Å². The third-order valence-corrected chi connectivity index (χ3v) is 5.43. The summed E-state index contributed by atoms with van der Waals surface area (Å²) in [6, 6.07) is 22.3. The van der Waals surface area contributed by atoms with Crippen molar-refractivity contribution in [2.75, 3.05) is 0 Å². The summed E-state index contributed by atoms with van der Waals surface area (Å²) in [6.07, 6.45) is -0.527. The monoisotopic (exact) mass is 471 g/mol. The molecular weight excluding hydrogens is 446 g/mol. The number of carbonyl (C=O) groups excluding carboxylic acids is 2. The van der Waals surface area contributed by atoms with Gasteiger partial charge in [0.15, 0.2) is 0 Å². The highest BCUT2D eigenvalue weighted by Crippen LogP contribution is 2.30. The van der Waals surface area contributed by atoms with Crippen LogP contribution in [0, 0.1) is 13.8 Å². The first kappa shape index (κ1) is 23.8. The van der Waals surface area contributed by atoms with E-state index >= 15 is 0 Å². The van der Waals surface area contributed by atoms with Gasteiger partial charge in [0.05, 0.1) is 5.39 Å². The fourth-order valence-corrected chi connectivity index (χ4v) is 3.79. The highest BCUT2D eigenvalue weighted by atomic mass is 16.6. The topological polar surface area (TPSA) is 94.8 Å². The fourth-order valence-electron chi connectivity index (χ4n) is 3.79. The van der Waals surface area contributed by atoms with E-state index in [0.717, 1.165) is 16.7 Å². The molecule has 7 heteroatoms. The van der Waals surface area contributed by atoms with Gasteiger partial charge in [0.1, 0.15) is 24.0 Å². The van der Waals surface area contributed by atoms with E-state index in [0.29, 0.717) is 16.5 Å². The average molecular weight is 472 g/mol. The maximum Gasteiger partial charge on any atom is 0.408 e. The molecule has 0 saturated heterocycles. The van der Waals surface area contributed by atoms with Crippen LogP contribution in [0.5, 0.6) is 5.75 Å². The Balaban J connectivity index is 1.56. The average Bonchev–Trinajstić information content (AvgIpc) is 2.83. The van der Waals surface area contributed by atoms with Gasteiger partial charge in [-0.15, -0.1) is 0 Å². The molecule has 3 aromatic carbocycles. The lowest BCUT2D eigenvalue weighted by Crippen LogP contribution is -2.44. The molecule has 0 fully saturated rings. The maximum absolute atomic E-state index is 13.3. The fraction of sp³-hybridized carbons (Fsp3) is 0.179. The van der Waals surface area contributed by atoms with Gasteiger partial charge >= 0.3 is 17.7 Å². The minimum absolute atomic E-state index is 0.0700. The summed E-state index contributed by atoms with van der Waals surface area (Å²) >= 11 is 0. The molecule has 1 N–H and O–H groups in total. The number of carbonyl (C=O) groups is 2. The van der Waals surface area contributed by atoms with E-state index in [1.807, 2.05) is 60.7 Å². The molecule has 7 nitrogen and oxygen atoms in total. The Morgan fingerprint density at radius 3 is 2.26 bits per heavy atom. The number of benzene rings is 3. The summed E-state index contributed by atoms with van der Waals surface area (Å²) in [5, 5.41) is 3.15. The molecule has 0 radical (unpaired) electrons.